The van der Waals surface area contributed by atoms with Gasteiger partial charge >= 0.3 is 0 Å². The summed E-state index contributed by atoms with van der Waals surface area (Å²) >= 11 is 6.09. The topological polar surface area (TPSA) is 123 Å². The van der Waals surface area contributed by atoms with Crippen LogP contribution in [0.4, 0.5) is 11.4 Å². The molecule has 0 atom stereocenters. The number of anilines is 1. The number of non-ortho nitro benzene ring substituents is 1. The summed E-state index contributed by atoms with van der Waals surface area (Å²) in [6.07, 6.45) is 0. The van der Waals surface area contributed by atoms with Gasteiger partial charge in [0.15, 0.2) is 5.69 Å². The Morgan fingerprint density at radius 2 is 1.93 bits per heavy atom. The van der Waals surface area contributed by atoms with E-state index in [1.165, 1.54) is 39.9 Å². The number of amides is 2. The van der Waals surface area contributed by atoms with Gasteiger partial charge in [0.1, 0.15) is 0 Å². The van der Waals surface area contributed by atoms with Gasteiger partial charge in [0.25, 0.3) is 17.5 Å². The van der Waals surface area contributed by atoms with E-state index in [1.54, 1.807) is 33.2 Å². The van der Waals surface area contributed by atoms with Crippen molar-refractivity contribution in [3.05, 3.63) is 74.6 Å². The third kappa shape index (κ3) is 4.13. The highest BCUT2D eigenvalue weighted by atomic mass is 35.5. The highest BCUT2D eigenvalue weighted by molar-refractivity contribution is 6.34. The molecule has 154 valence electrons. The zero-order valence-electron chi connectivity index (χ0n) is 16.3. The van der Waals surface area contributed by atoms with Crippen molar-refractivity contribution in [1.29, 1.82) is 0 Å². The fraction of sp³-hybridized carbons (Fsp3) is 0.158. The van der Waals surface area contributed by atoms with Crippen LogP contribution in [0.1, 0.15) is 26.5 Å². The van der Waals surface area contributed by atoms with Crippen LogP contribution in [-0.4, -0.2) is 50.7 Å². The zero-order valence-corrected chi connectivity index (χ0v) is 17.0. The van der Waals surface area contributed by atoms with E-state index in [1.807, 2.05) is 0 Å². The van der Waals surface area contributed by atoms with Gasteiger partial charge in [-0.05, 0) is 31.2 Å². The van der Waals surface area contributed by atoms with Crippen LogP contribution in [0.25, 0.3) is 5.69 Å². The fourth-order valence-corrected chi connectivity index (χ4v) is 2.92. The van der Waals surface area contributed by atoms with E-state index in [-0.39, 0.29) is 27.9 Å². The molecule has 3 aromatic rings. The molecule has 0 radical (unpaired) electrons. The van der Waals surface area contributed by atoms with Gasteiger partial charge in [-0.15, -0.1) is 5.10 Å². The molecule has 0 aliphatic rings. The monoisotopic (exact) mass is 428 g/mol. The third-order valence-corrected chi connectivity index (χ3v) is 4.59. The summed E-state index contributed by atoms with van der Waals surface area (Å²) < 4.78 is 1.34. The Kier molecular flexibility index (Phi) is 5.79. The molecule has 30 heavy (non-hydrogen) atoms. The lowest BCUT2D eigenvalue weighted by Crippen LogP contribution is -2.22. The van der Waals surface area contributed by atoms with Crippen LogP contribution < -0.4 is 5.32 Å². The number of carbonyl (C=O) groups is 2. The van der Waals surface area contributed by atoms with Gasteiger partial charge in [-0.2, -0.15) is 0 Å². The molecule has 2 aromatic carbocycles. The summed E-state index contributed by atoms with van der Waals surface area (Å²) in [5.41, 5.74) is 1.34. The number of aromatic nitrogens is 3. The van der Waals surface area contributed by atoms with Crippen LogP contribution in [0.5, 0.6) is 0 Å². The van der Waals surface area contributed by atoms with Gasteiger partial charge in [-0.3, -0.25) is 19.7 Å². The second kappa shape index (κ2) is 8.29. The molecule has 0 aliphatic heterocycles. The summed E-state index contributed by atoms with van der Waals surface area (Å²) in [7, 11) is 3.19. The molecule has 0 spiro atoms. The van der Waals surface area contributed by atoms with Crippen molar-refractivity contribution < 1.29 is 14.5 Å². The normalized spacial score (nSPS) is 10.5. The molecule has 1 aromatic heterocycles. The summed E-state index contributed by atoms with van der Waals surface area (Å²) in [6, 6.07) is 10.4. The minimum atomic E-state index is -0.547. The van der Waals surface area contributed by atoms with Crippen molar-refractivity contribution in [2.75, 3.05) is 19.4 Å². The summed E-state index contributed by atoms with van der Waals surface area (Å²) in [6.45, 7) is 1.62. The van der Waals surface area contributed by atoms with E-state index in [2.05, 4.69) is 15.6 Å². The first kappa shape index (κ1) is 20.9. The van der Waals surface area contributed by atoms with E-state index in [9.17, 15) is 19.7 Å². The molecule has 0 unspecified atom stereocenters. The van der Waals surface area contributed by atoms with Gasteiger partial charge in [-0.25, -0.2) is 4.68 Å². The molecule has 0 saturated heterocycles. The van der Waals surface area contributed by atoms with Crippen LogP contribution >= 0.6 is 11.6 Å². The summed E-state index contributed by atoms with van der Waals surface area (Å²) in [5.74, 6) is -0.848. The van der Waals surface area contributed by atoms with Crippen LogP contribution in [0, 0.1) is 17.0 Å². The second-order valence-electron chi connectivity index (χ2n) is 6.56. The molecule has 0 saturated carbocycles. The van der Waals surface area contributed by atoms with Crippen molar-refractivity contribution in [3.8, 4) is 5.69 Å². The number of nitro benzene ring substituents is 1. The van der Waals surface area contributed by atoms with E-state index in [4.69, 9.17) is 11.6 Å². The Morgan fingerprint density at radius 3 is 2.60 bits per heavy atom. The van der Waals surface area contributed by atoms with E-state index in [0.29, 0.717) is 17.1 Å². The zero-order chi connectivity index (χ0) is 22.0. The van der Waals surface area contributed by atoms with Gasteiger partial charge < -0.3 is 10.2 Å². The van der Waals surface area contributed by atoms with Gasteiger partial charge in [-0.1, -0.05) is 22.9 Å². The molecular formula is C19H17ClN6O4. The maximum absolute atomic E-state index is 12.7. The van der Waals surface area contributed by atoms with Gasteiger partial charge in [0, 0.05) is 31.9 Å². The summed E-state index contributed by atoms with van der Waals surface area (Å²) in [4.78, 5) is 36.8. The van der Waals surface area contributed by atoms with Crippen molar-refractivity contribution >= 4 is 34.8 Å². The number of nitrogens with zero attached hydrogens (tertiary/aromatic N) is 5. The molecule has 0 bridgehead atoms. The first-order valence-electron chi connectivity index (χ1n) is 8.68. The second-order valence-corrected chi connectivity index (χ2v) is 6.97. The Morgan fingerprint density at radius 1 is 1.20 bits per heavy atom. The molecule has 0 aliphatic carbocycles. The SMILES string of the molecule is Cc1c(C(=O)Nc2ccc(Cl)c(C(=O)N(C)C)c2)nnn1-c1cccc([N+](=O)[O-])c1. The lowest BCUT2D eigenvalue weighted by atomic mass is 10.1. The Labute approximate surface area is 176 Å². The Bertz CT molecular complexity index is 1160. The maximum Gasteiger partial charge on any atom is 0.278 e. The largest absolute Gasteiger partial charge is 0.345 e. The molecular weight excluding hydrogens is 412 g/mol. The molecule has 11 heteroatoms. The molecule has 2 amide bonds. The number of nitro groups is 1. The molecule has 10 nitrogen and oxygen atoms in total. The van der Waals surface area contributed by atoms with Gasteiger partial charge in [0.05, 0.1) is 26.9 Å². The number of hydrogen-bond donors (Lipinski definition) is 1. The molecule has 0 fully saturated rings. The van der Waals surface area contributed by atoms with E-state index >= 15 is 0 Å². The molecule has 1 N–H and O–H groups in total. The quantitative estimate of drug-likeness (QED) is 0.492. The number of rotatable bonds is 5. The van der Waals surface area contributed by atoms with Crippen LogP contribution in [0.15, 0.2) is 42.5 Å². The standard InChI is InChI=1S/C19H17ClN6O4/c1-11-17(22-23-25(11)13-5-4-6-14(10-13)26(29)30)18(27)21-12-7-8-16(20)15(9-12)19(28)24(2)3/h4-10H,1-3H3,(H,21,27). The first-order chi connectivity index (χ1) is 14.2. The van der Waals surface area contributed by atoms with Crippen LogP contribution in [0.2, 0.25) is 5.02 Å². The predicted molar refractivity (Wildman–Crippen MR) is 110 cm³/mol. The van der Waals surface area contributed by atoms with Gasteiger partial charge in [0.2, 0.25) is 0 Å². The smallest absolute Gasteiger partial charge is 0.278 e. The van der Waals surface area contributed by atoms with Crippen LogP contribution in [-0.2, 0) is 0 Å². The lowest BCUT2D eigenvalue weighted by molar-refractivity contribution is -0.384. The average molecular weight is 429 g/mol. The highest BCUT2D eigenvalue weighted by Gasteiger charge is 2.20. The number of nitrogens with one attached hydrogen (secondary N) is 1. The number of carbonyl (C=O) groups excluding carboxylic acids is 2. The number of halogens is 1. The number of benzene rings is 2. The highest BCUT2D eigenvalue weighted by Crippen LogP contribution is 2.23. The van der Waals surface area contributed by atoms with Crippen molar-refractivity contribution in [1.82, 2.24) is 19.9 Å². The van der Waals surface area contributed by atoms with E-state index in [0.717, 1.165) is 0 Å². The predicted octanol–water partition coefficient (Wildman–Crippen LogP) is 3.09. The van der Waals surface area contributed by atoms with Crippen molar-refractivity contribution in [2.45, 2.75) is 6.92 Å². The van der Waals surface area contributed by atoms with Crippen molar-refractivity contribution in [3.63, 3.8) is 0 Å². The Hall–Kier alpha value is -3.79. The fourth-order valence-electron chi connectivity index (χ4n) is 2.72. The van der Waals surface area contributed by atoms with Crippen LogP contribution in [0.3, 0.4) is 0 Å². The maximum atomic E-state index is 12.7. The molecule has 3 rings (SSSR count). The number of hydrogen-bond acceptors (Lipinski definition) is 6. The Balaban J connectivity index is 1.88. The lowest BCUT2D eigenvalue weighted by Gasteiger charge is -2.13. The van der Waals surface area contributed by atoms with Crippen molar-refractivity contribution in [2.24, 2.45) is 0 Å². The third-order valence-electron chi connectivity index (χ3n) is 4.26. The summed E-state index contributed by atoms with van der Waals surface area (Å²) in [5, 5.41) is 21.7. The minimum Gasteiger partial charge on any atom is -0.345 e. The van der Waals surface area contributed by atoms with E-state index < -0.39 is 10.8 Å². The molecule has 1 heterocycles. The minimum absolute atomic E-state index is 0.0388. The average Bonchev–Trinajstić information content (AvgIpc) is 3.10. The first-order valence-corrected chi connectivity index (χ1v) is 9.06.